The maximum Gasteiger partial charge on any atom is 0.303 e. The summed E-state index contributed by atoms with van der Waals surface area (Å²) in [6, 6.07) is 0. The Bertz CT molecular complexity index is 297. The Morgan fingerprint density at radius 3 is 1.88 bits per heavy atom. The predicted octanol–water partition coefficient (Wildman–Crippen LogP) is -0.0101. The molecule has 0 spiro atoms. The zero-order valence-corrected chi connectivity index (χ0v) is 8.68. The molecule has 90 valence electrons. The molecule has 4 N–H and O–H groups in total. The van der Waals surface area contributed by atoms with E-state index in [0.29, 0.717) is 18.7 Å². The lowest BCUT2D eigenvalue weighted by Crippen LogP contribution is -2.05. The highest BCUT2D eigenvalue weighted by Crippen LogP contribution is 2.00. The van der Waals surface area contributed by atoms with Crippen molar-refractivity contribution in [1.82, 2.24) is 0 Å². The Hall–Kier alpha value is -1.92. The van der Waals surface area contributed by atoms with E-state index in [4.69, 9.17) is 15.9 Å². The van der Waals surface area contributed by atoms with Crippen LogP contribution in [0.5, 0.6) is 0 Å². The maximum atomic E-state index is 10.2. The highest BCUT2D eigenvalue weighted by atomic mass is 16.4. The van der Waals surface area contributed by atoms with E-state index in [-0.39, 0.29) is 25.2 Å². The fraction of sp³-hybridized carbons (Fsp3) is 0.556. The molecule has 0 atom stereocenters. The molecule has 7 heteroatoms. The summed E-state index contributed by atoms with van der Waals surface area (Å²) in [6.07, 6.45) is 1.24. The molecule has 1 aliphatic rings. The number of amides is 1. The van der Waals surface area contributed by atoms with Crippen molar-refractivity contribution in [2.45, 2.75) is 32.1 Å². The van der Waals surface area contributed by atoms with Gasteiger partial charge in [-0.15, -0.1) is 0 Å². The van der Waals surface area contributed by atoms with E-state index >= 15 is 0 Å². The number of nitrogens with zero attached hydrogens (tertiary/aromatic N) is 1. The summed E-state index contributed by atoms with van der Waals surface area (Å²) in [5.74, 6) is -1.50. The van der Waals surface area contributed by atoms with Crippen molar-refractivity contribution in [1.29, 1.82) is 0 Å². The van der Waals surface area contributed by atoms with Crippen LogP contribution < -0.4 is 5.73 Å². The van der Waals surface area contributed by atoms with Crippen LogP contribution in [-0.2, 0) is 14.4 Å². The Morgan fingerprint density at radius 2 is 1.69 bits per heavy atom. The molecule has 1 amide bonds. The van der Waals surface area contributed by atoms with Crippen molar-refractivity contribution in [2.24, 2.45) is 10.7 Å². The molecule has 0 saturated heterocycles. The van der Waals surface area contributed by atoms with Gasteiger partial charge in [-0.2, -0.15) is 0 Å². The first kappa shape index (κ1) is 14.1. The fourth-order valence-corrected chi connectivity index (χ4v) is 0.898. The molecular formula is C9H14N2O5. The minimum Gasteiger partial charge on any atom is -0.481 e. The molecule has 0 aromatic heterocycles. The molecule has 16 heavy (non-hydrogen) atoms. The van der Waals surface area contributed by atoms with Crippen molar-refractivity contribution in [2.75, 3.05) is 0 Å². The van der Waals surface area contributed by atoms with Gasteiger partial charge in [0.2, 0.25) is 5.91 Å². The number of carbonyl (C=O) groups is 3. The first-order chi connectivity index (χ1) is 7.41. The molecule has 0 radical (unpaired) electrons. The topological polar surface area (TPSA) is 130 Å². The Balaban J connectivity index is 0.000000288. The minimum atomic E-state index is -0.948. The van der Waals surface area contributed by atoms with E-state index in [9.17, 15) is 14.4 Å². The number of rotatable bonds is 4. The SMILES string of the molecule is NC1=NC(=O)CC1.O=C(O)CCCC(=O)O. The molecule has 0 aliphatic carbocycles. The predicted molar refractivity (Wildman–Crippen MR) is 55.0 cm³/mol. The van der Waals surface area contributed by atoms with Gasteiger partial charge in [0.1, 0.15) is 5.84 Å². The Kier molecular flexibility index (Phi) is 6.50. The molecule has 0 unspecified atom stereocenters. The van der Waals surface area contributed by atoms with E-state index in [2.05, 4.69) is 4.99 Å². The van der Waals surface area contributed by atoms with Crippen LogP contribution in [0.2, 0.25) is 0 Å². The molecule has 1 aliphatic heterocycles. The summed E-state index contributed by atoms with van der Waals surface area (Å²) < 4.78 is 0. The summed E-state index contributed by atoms with van der Waals surface area (Å²) in [6.45, 7) is 0. The van der Waals surface area contributed by atoms with Crippen LogP contribution in [0.15, 0.2) is 4.99 Å². The molecule has 0 aromatic carbocycles. The lowest BCUT2D eigenvalue weighted by Gasteiger charge is -1.89. The molecule has 7 nitrogen and oxygen atoms in total. The number of hydrogen-bond donors (Lipinski definition) is 3. The molecule has 1 rings (SSSR count). The molecule has 0 bridgehead atoms. The highest BCUT2D eigenvalue weighted by molar-refractivity contribution is 6.00. The lowest BCUT2D eigenvalue weighted by atomic mass is 10.2. The number of aliphatic carboxylic acids is 2. The van der Waals surface area contributed by atoms with Crippen LogP contribution in [-0.4, -0.2) is 33.9 Å². The van der Waals surface area contributed by atoms with Crippen LogP contribution in [0, 0.1) is 0 Å². The van der Waals surface area contributed by atoms with Crippen molar-refractivity contribution < 1.29 is 24.6 Å². The summed E-state index contributed by atoms with van der Waals surface area (Å²) in [4.78, 5) is 33.2. The average molecular weight is 230 g/mol. The van der Waals surface area contributed by atoms with Crippen molar-refractivity contribution in [3.8, 4) is 0 Å². The summed E-state index contributed by atoms with van der Waals surface area (Å²) in [5, 5.41) is 16.1. The largest absolute Gasteiger partial charge is 0.481 e. The van der Waals surface area contributed by atoms with Gasteiger partial charge in [-0.1, -0.05) is 0 Å². The first-order valence-electron chi connectivity index (χ1n) is 4.71. The quantitative estimate of drug-likeness (QED) is 0.622. The van der Waals surface area contributed by atoms with Gasteiger partial charge in [0.25, 0.3) is 0 Å². The number of carboxylic acids is 2. The van der Waals surface area contributed by atoms with Gasteiger partial charge < -0.3 is 15.9 Å². The van der Waals surface area contributed by atoms with Gasteiger partial charge >= 0.3 is 11.9 Å². The van der Waals surface area contributed by atoms with Crippen molar-refractivity contribution in [3.05, 3.63) is 0 Å². The van der Waals surface area contributed by atoms with E-state index in [1.54, 1.807) is 0 Å². The van der Waals surface area contributed by atoms with Gasteiger partial charge in [-0.3, -0.25) is 14.4 Å². The summed E-state index contributed by atoms with van der Waals surface area (Å²) in [5.41, 5.74) is 5.15. The number of carboxylic acid groups (broad SMARTS) is 2. The maximum absolute atomic E-state index is 10.2. The molecule has 1 heterocycles. The van der Waals surface area contributed by atoms with Crippen LogP contribution >= 0.6 is 0 Å². The van der Waals surface area contributed by atoms with Gasteiger partial charge in [0.05, 0.1) is 0 Å². The normalized spacial score (nSPS) is 13.8. The highest BCUT2D eigenvalue weighted by Gasteiger charge is 2.08. The van der Waals surface area contributed by atoms with E-state index < -0.39 is 11.9 Å². The third kappa shape index (κ3) is 8.67. The van der Waals surface area contributed by atoms with E-state index in [0.717, 1.165) is 0 Å². The zero-order valence-electron chi connectivity index (χ0n) is 8.68. The second kappa shape index (κ2) is 7.38. The van der Waals surface area contributed by atoms with E-state index in [1.807, 2.05) is 0 Å². The Labute approximate surface area is 92.0 Å². The van der Waals surface area contributed by atoms with Gasteiger partial charge in [0, 0.05) is 25.7 Å². The summed E-state index contributed by atoms with van der Waals surface area (Å²) in [7, 11) is 0. The van der Waals surface area contributed by atoms with Crippen molar-refractivity contribution in [3.63, 3.8) is 0 Å². The van der Waals surface area contributed by atoms with E-state index in [1.165, 1.54) is 0 Å². The number of hydrogen-bond acceptors (Lipinski definition) is 4. The van der Waals surface area contributed by atoms with Gasteiger partial charge in [-0.25, -0.2) is 4.99 Å². The molecular weight excluding hydrogens is 216 g/mol. The number of aliphatic imine (C=N–C) groups is 1. The van der Waals surface area contributed by atoms with Gasteiger partial charge in [-0.05, 0) is 6.42 Å². The fourth-order valence-electron chi connectivity index (χ4n) is 0.898. The molecule has 0 fully saturated rings. The number of carbonyl (C=O) groups excluding carboxylic acids is 1. The standard InChI is InChI=1S/C5H8O4.C4H6N2O/c6-4(7)2-1-3-5(8)9;5-3-1-2-4(7)6-3/h1-3H2,(H,6,7)(H,8,9);1-2H2,(H2,5,6,7). The average Bonchev–Trinajstić information content (AvgIpc) is 2.49. The second-order valence-corrected chi connectivity index (χ2v) is 3.14. The van der Waals surface area contributed by atoms with Crippen LogP contribution in [0.4, 0.5) is 0 Å². The lowest BCUT2D eigenvalue weighted by molar-refractivity contribution is -0.138. The third-order valence-corrected chi connectivity index (χ3v) is 1.64. The minimum absolute atomic E-state index is 0.0632. The Morgan fingerprint density at radius 1 is 1.19 bits per heavy atom. The first-order valence-corrected chi connectivity index (χ1v) is 4.71. The van der Waals surface area contributed by atoms with Crippen LogP contribution in [0.1, 0.15) is 32.1 Å². The second-order valence-electron chi connectivity index (χ2n) is 3.14. The third-order valence-electron chi connectivity index (χ3n) is 1.64. The van der Waals surface area contributed by atoms with Gasteiger partial charge in [0.15, 0.2) is 0 Å². The summed E-state index contributed by atoms with van der Waals surface area (Å²) >= 11 is 0. The zero-order chi connectivity index (χ0) is 12.6. The monoisotopic (exact) mass is 230 g/mol. The van der Waals surface area contributed by atoms with Crippen LogP contribution in [0.3, 0.4) is 0 Å². The molecule has 0 saturated carbocycles. The number of amidine groups is 1. The van der Waals surface area contributed by atoms with Crippen LogP contribution in [0.25, 0.3) is 0 Å². The number of nitrogens with two attached hydrogens (primary N) is 1. The van der Waals surface area contributed by atoms with Crippen molar-refractivity contribution >= 4 is 23.7 Å². The molecule has 0 aromatic rings. The smallest absolute Gasteiger partial charge is 0.303 e.